The summed E-state index contributed by atoms with van der Waals surface area (Å²) in [4.78, 5) is 35.4. The first-order valence-electron chi connectivity index (χ1n) is 9.63. The average Bonchev–Trinajstić information content (AvgIpc) is 2.77. The lowest BCUT2D eigenvalue weighted by Crippen LogP contribution is -2.42. The summed E-state index contributed by atoms with van der Waals surface area (Å²) in [5.74, 6) is -3.63. The Hall–Kier alpha value is -4.16. The van der Waals surface area contributed by atoms with E-state index in [9.17, 15) is 31.5 Å². The predicted molar refractivity (Wildman–Crippen MR) is 110 cm³/mol. The molecular weight excluding hydrogens is 463 g/mol. The third-order valence-corrected chi connectivity index (χ3v) is 4.53. The van der Waals surface area contributed by atoms with Crippen LogP contribution in [0.5, 0.6) is 0 Å². The summed E-state index contributed by atoms with van der Waals surface area (Å²) >= 11 is 0. The Morgan fingerprint density at radius 3 is 2.47 bits per heavy atom. The highest BCUT2D eigenvalue weighted by Crippen LogP contribution is 2.31. The molecule has 0 aliphatic rings. The van der Waals surface area contributed by atoms with Crippen molar-refractivity contribution < 1.29 is 31.5 Å². The minimum absolute atomic E-state index is 0.0528. The van der Waals surface area contributed by atoms with Crippen LogP contribution in [0.2, 0.25) is 0 Å². The Labute approximate surface area is 189 Å². The van der Waals surface area contributed by atoms with E-state index >= 15 is 0 Å². The van der Waals surface area contributed by atoms with Gasteiger partial charge in [0, 0.05) is 42.2 Å². The molecule has 1 unspecified atom stereocenters. The van der Waals surface area contributed by atoms with E-state index in [1.807, 2.05) is 0 Å². The van der Waals surface area contributed by atoms with E-state index < -0.39 is 41.2 Å². The second-order valence-electron chi connectivity index (χ2n) is 7.11. The first kappa shape index (κ1) is 24.5. The largest absolute Gasteiger partial charge is 0.417 e. The third-order valence-electron chi connectivity index (χ3n) is 4.53. The van der Waals surface area contributed by atoms with Crippen LogP contribution in [-0.2, 0) is 17.5 Å². The first-order valence-corrected chi connectivity index (χ1v) is 9.63. The van der Waals surface area contributed by atoms with Crippen molar-refractivity contribution in [1.82, 2.24) is 20.3 Å². The fourth-order valence-corrected chi connectivity index (χ4v) is 2.69. The Morgan fingerprint density at radius 1 is 1.09 bits per heavy atom. The smallest absolute Gasteiger partial charge is 0.368 e. The Morgan fingerprint density at radius 2 is 1.82 bits per heavy atom. The van der Waals surface area contributed by atoms with Crippen molar-refractivity contribution in [1.29, 1.82) is 0 Å². The van der Waals surface area contributed by atoms with Gasteiger partial charge in [-0.2, -0.15) is 13.2 Å². The fraction of sp³-hybridized carbons (Fsp3) is 0.190. The lowest BCUT2D eigenvalue weighted by molar-refractivity contribution is -0.137. The second-order valence-corrected chi connectivity index (χ2v) is 7.11. The number of hydrogen-bond donors (Lipinski definition) is 3. The maximum atomic E-state index is 13.9. The number of primary amides is 1. The Kier molecular flexibility index (Phi) is 7.03. The van der Waals surface area contributed by atoms with Crippen molar-refractivity contribution >= 4 is 17.6 Å². The maximum absolute atomic E-state index is 13.9. The number of amides is 2. The minimum Gasteiger partial charge on any atom is -0.368 e. The van der Waals surface area contributed by atoms with E-state index in [1.54, 1.807) is 0 Å². The number of pyridine rings is 1. The highest BCUT2D eigenvalue weighted by molar-refractivity contribution is 5.96. The zero-order chi connectivity index (χ0) is 25.0. The molecule has 13 heteroatoms. The highest BCUT2D eigenvalue weighted by Gasteiger charge is 2.31. The lowest BCUT2D eigenvalue weighted by Gasteiger charge is -2.13. The molecule has 2 amide bonds. The van der Waals surface area contributed by atoms with Gasteiger partial charge in [-0.25, -0.2) is 18.7 Å². The number of rotatable bonds is 7. The van der Waals surface area contributed by atoms with Gasteiger partial charge in [-0.1, -0.05) is 6.07 Å². The van der Waals surface area contributed by atoms with Crippen LogP contribution in [0.3, 0.4) is 0 Å². The fourth-order valence-electron chi connectivity index (χ4n) is 2.69. The number of halogens is 5. The molecule has 34 heavy (non-hydrogen) atoms. The summed E-state index contributed by atoms with van der Waals surface area (Å²) in [6.45, 7) is 1.14. The van der Waals surface area contributed by atoms with Gasteiger partial charge in [-0.15, -0.1) is 0 Å². The van der Waals surface area contributed by atoms with Crippen molar-refractivity contribution in [2.75, 3.05) is 5.32 Å². The van der Waals surface area contributed by atoms with Crippen molar-refractivity contribution in [3.8, 4) is 11.4 Å². The predicted octanol–water partition coefficient (Wildman–Crippen LogP) is 3.05. The molecule has 0 spiro atoms. The number of carbonyl (C=O) groups excluding carboxylic acids is 2. The molecule has 8 nitrogen and oxygen atoms in total. The maximum Gasteiger partial charge on any atom is 0.417 e. The molecule has 0 radical (unpaired) electrons. The van der Waals surface area contributed by atoms with Gasteiger partial charge >= 0.3 is 6.18 Å². The molecule has 178 valence electrons. The van der Waals surface area contributed by atoms with Crippen LogP contribution >= 0.6 is 0 Å². The quantitative estimate of drug-likeness (QED) is 0.447. The van der Waals surface area contributed by atoms with Gasteiger partial charge in [0.2, 0.25) is 5.91 Å². The zero-order valence-corrected chi connectivity index (χ0v) is 17.5. The number of nitrogens with two attached hydrogens (primary N) is 1. The molecule has 1 aromatic carbocycles. The second kappa shape index (κ2) is 9.77. The molecule has 2 aromatic heterocycles. The Bertz CT molecular complexity index is 1230. The molecule has 3 rings (SSSR count). The standard InChI is InChI=1S/C21H17F5N6O2/c1-10(18(27)33)30-20(34)16-6-17(29-8-11-2-3-14(22)5-15(11)23)32-19(31-16)12-4-13(9-28-7-12)21(24,25)26/h2-7,9-10H,8H2,1H3,(H2,27,33)(H,30,34)(H,29,31,32). The summed E-state index contributed by atoms with van der Waals surface area (Å²) in [5, 5.41) is 5.02. The molecule has 4 N–H and O–H groups in total. The van der Waals surface area contributed by atoms with Crippen molar-refractivity contribution in [2.24, 2.45) is 5.73 Å². The van der Waals surface area contributed by atoms with Crippen LogP contribution in [0.4, 0.5) is 27.8 Å². The molecule has 0 saturated carbocycles. The summed E-state index contributed by atoms with van der Waals surface area (Å²) in [5.41, 5.74) is 3.68. The SMILES string of the molecule is CC(NC(=O)c1cc(NCc2ccc(F)cc2F)nc(-c2cncc(C(F)(F)F)c2)n1)C(N)=O. The molecule has 0 aliphatic heterocycles. The lowest BCUT2D eigenvalue weighted by atomic mass is 10.2. The number of benzene rings is 1. The molecule has 3 aromatic rings. The summed E-state index contributed by atoms with van der Waals surface area (Å²) in [6.07, 6.45) is -3.00. The Balaban J connectivity index is 1.99. The number of aromatic nitrogens is 3. The van der Waals surface area contributed by atoms with Gasteiger partial charge in [0.05, 0.1) is 5.56 Å². The number of anilines is 1. The van der Waals surface area contributed by atoms with E-state index in [0.717, 1.165) is 24.4 Å². The third kappa shape index (κ3) is 5.99. The topological polar surface area (TPSA) is 123 Å². The van der Waals surface area contributed by atoms with Crippen molar-refractivity contribution in [2.45, 2.75) is 25.7 Å². The zero-order valence-electron chi connectivity index (χ0n) is 17.5. The number of carbonyl (C=O) groups is 2. The first-order chi connectivity index (χ1) is 15.9. The number of nitrogens with zero attached hydrogens (tertiary/aromatic N) is 3. The molecule has 0 fully saturated rings. The minimum atomic E-state index is -4.68. The monoisotopic (exact) mass is 480 g/mol. The van der Waals surface area contributed by atoms with Crippen LogP contribution in [0, 0.1) is 11.6 Å². The van der Waals surface area contributed by atoms with E-state index in [2.05, 4.69) is 25.6 Å². The van der Waals surface area contributed by atoms with Crippen LogP contribution in [-0.4, -0.2) is 32.8 Å². The van der Waals surface area contributed by atoms with Crippen LogP contribution < -0.4 is 16.4 Å². The average molecular weight is 480 g/mol. The normalized spacial score (nSPS) is 12.2. The van der Waals surface area contributed by atoms with Gasteiger partial charge in [-0.3, -0.25) is 14.6 Å². The van der Waals surface area contributed by atoms with Crippen molar-refractivity contribution in [3.63, 3.8) is 0 Å². The summed E-state index contributed by atoms with van der Waals surface area (Å²) in [6, 6.07) is 3.75. The number of alkyl halides is 3. The van der Waals surface area contributed by atoms with Crippen LogP contribution in [0.15, 0.2) is 42.7 Å². The summed E-state index contributed by atoms with van der Waals surface area (Å²) in [7, 11) is 0. The van der Waals surface area contributed by atoms with Gasteiger partial charge in [0.25, 0.3) is 5.91 Å². The van der Waals surface area contributed by atoms with Crippen LogP contribution in [0.25, 0.3) is 11.4 Å². The number of hydrogen-bond acceptors (Lipinski definition) is 6. The highest BCUT2D eigenvalue weighted by atomic mass is 19.4. The molecule has 0 saturated heterocycles. The van der Waals surface area contributed by atoms with E-state index in [1.165, 1.54) is 13.0 Å². The molecule has 2 heterocycles. The van der Waals surface area contributed by atoms with Crippen LogP contribution in [0.1, 0.15) is 28.5 Å². The molecule has 0 aliphatic carbocycles. The van der Waals surface area contributed by atoms with E-state index in [-0.39, 0.29) is 35.0 Å². The van der Waals surface area contributed by atoms with Gasteiger partial charge in [-0.05, 0) is 19.1 Å². The van der Waals surface area contributed by atoms with E-state index in [4.69, 9.17) is 5.73 Å². The van der Waals surface area contributed by atoms with E-state index in [0.29, 0.717) is 12.3 Å². The van der Waals surface area contributed by atoms with Gasteiger partial charge in [0.15, 0.2) is 5.82 Å². The summed E-state index contributed by atoms with van der Waals surface area (Å²) < 4.78 is 66.4. The van der Waals surface area contributed by atoms with Gasteiger partial charge < -0.3 is 16.4 Å². The molecular formula is C21H17F5N6O2. The molecule has 0 bridgehead atoms. The van der Waals surface area contributed by atoms with Gasteiger partial charge in [0.1, 0.15) is 29.2 Å². The number of nitrogens with one attached hydrogen (secondary N) is 2. The van der Waals surface area contributed by atoms with Crippen molar-refractivity contribution in [3.05, 3.63) is 71.2 Å². The molecule has 1 atom stereocenters.